The Balaban J connectivity index is 1.30. The molecule has 1 amide bonds. The highest BCUT2D eigenvalue weighted by atomic mass is 19.1. The van der Waals surface area contributed by atoms with Crippen LogP contribution in [-0.4, -0.2) is 28.1 Å². The summed E-state index contributed by atoms with van der Waals surface area (Å²) in [6.45, 7) is 1.51. The normalized spacial score (nSPS) is 11.8. The minimum absolute atomic E-state index is 0.0308. The number of ether oxygens (including phenoxy) is 1. The quantitative estimate of drug-likeness (QED) is 0.430. The van der Waals surface area contributed by atoms with Crippen molar-refractivity contribution in [2.75, 3.05) is 5.32 Å². The first-order valence-corrected chi connectivity index (χ1v) is 10.1. The molecule has 0 aliphatic heterocycles. The van der Waals surface area contributed by atoms with Gasteiger partial charge in [0.05, 0.1) is 6.42 Å². The minimum atomic E-state index is -0.973. The molecule has 0 radical (unpaired) electrons. The lowest BCUT2D eigenvalue weighted by atomic mass is 10.1. The summed E-state index contributed by atoms with van der Waals surface area (Å²) in [4.78, 5) is 28.9. The summed E-state index contributed by atoms with van der Waals surface area (Å²) in [5, 5.41) is 8.53. The fourth-order valence-corrected chi connectivity index (χ4v) is 3.16. The highest BCUT2D eigenvalue weighted by Crippen LogP contribution is 2.23. The number of halogens is 1. The van der Waals surface area contributed by atoms with E-state index in [0.717, 1.165) is 10.8 Å². The van der Waals surface area contributed by atoms with Gasteiger partial charge in [-0.05, 0) is 42.6 Å². The van der Waals surface area contributed by atoms with Gasteiger partial charge in [0.2, 0.25) is 11.7 Å². The van der Waals surface area contributed by atoms with E-state index in [0.29, 0.717) is 17.1 Å². The van der Waals surface area contributed by atoms with E-state index in [4.69, 9.17) is 9.26 Å². The van der Waals surface area contributed by atoms with Crippen molar-refractivity contribution in [2.24, 2.45) is 0 Å². The molecule has 4 aromatic rings. The van der Waals surface area contributed by atoms with E-state index in [1.807, 2.05) is 36.4 Å². The van der Waals surface area contributed by atoms with Gasteiger partial charge in [-0.25, -0.2) is 4.39 Å². The topological polar surface area (TPSA) is 94.3 Å². The van der Waals surface area contributed by atoms with Crippen molar-refractivity contribution in [1.82, 2.24) is 10.1 Å². The smallest absolute Gasteiger partial charge is 0.307 e. The lowest BCUT2D eigenvalue weighted by Crippen LogP contribution is -2.30. The van der Waals surface area contributed by atoms with Crippen molar-refractivity contribution in [3.05, 3.63) is 78.4 Å². The number of carbonyl (C=O) groups excluding carboxylic acids is 2. The molecule has 1 aromatic heterocycles. The average Bonchev–Trinajstić information content (AvgIpc) is 3.27. The van der Waals surface area contributed by atoms with E-state index in [2.05, 4.69) is 15.5 Å². The van der Waals surface area contributed by atoms with Gasteiger partial charge in [0, 0.05) is 23.1 Å². The summed E-state index contributed by atoms with van der Waals surface area (Å²) in [6.07, 6.45) is -0.847. The molecule has 0 fully saturated rings. The monoisotopic (exact) mass is 433 g/mol. The third-order valence-corrected chi connectivity index (χ3v) is 4.84. The summed E-state index contributed by atoms with van der Waals surface area (Å²) in [5.41, 5.74) is 1.25. The van der Waals surface area contributed by atoms with Gasteiger partial charge >= 0.3 is 5.97 Å². The van der Waals surface area contributed by atoms with E-state index in [9.17, 15) is 14.0 Å². The van der Waals surface area contributed by atoms with Gasteiger partial charge in [-0.1, -0.05) is 41.6 Å². The SMILES string of the molecule is CC(OC(=O)CCc1nc(-c2ccc(F)cc2)no1)C(=O)Nc1cccc2ccccc12. The number of esters is 1. The molecule has 0 spiro atoms. The predicted molar refractivity (Wildman–Crippen MR) is 116 cm³/mol. The molecule has 7 nitrogen and oxygen atoms in total. The molecule has 0 bridgehead atoms. The van der Waals surface area contributed by atoms with Crippen LogP contribution in [0.1, 0.15) is 19.2 Å². The van der Waals surface area contributed by atoms with Crippen molar-refractivity contribution in [2.45, 2.75) is 25.9 Å². The Morgan fingerprint density at radius 1 is 1.06 bits per heavy atom. The van der Waals surface area contributed by atoms with E-state index in [-0.39, 0.29) is 24.5 Å². The van der Waals surface area contributed by atoms with Crippen LogP contribution in [0.3, 0.4) is 0 Å². The molecule has 4 rings (SSSR count). The van der Waals surface area contributed by atoms with E-state index in [1.165, 1.54) is 31.2 Å². The molecule has 0 aliphatic rings. The van der Waals surface area contributed by atoms with Gasteiger partial charge in [0.15, 0.2) is 6.10 Å². The molecule has 0 saturated carbocycles. The molecule has 3 aromatic carbocycles. The third-order valence-electron chi connectivity index (χ3n) is 4.84. The lowest BCUT2D eigenvalue weighted by molar-refractivity contribution is -0.153. The highest BCUT2D eigenvalue weighted by Gasteiger charge is 2.19. The maximum absolute atomic E-state index is 13.0. The molecule has 1 N–H and O–H groups in total. The Bertz CT molecular complexity index is 1250. The maximum Gasteiger partial charge on any atom is 0.307 e. The number of benzene rings is 3. The van der Waals surface area contributed by atoms with Crippen LogP contribution in [0.5, 0.6) is 0 Å². The fourth-order valence-electron chi connectivity index (χ4n) is 3.16. The summed E-state index contributed by atoms with van der Waals surface area (Å²) >= 11 is 0. The zero-order valence-corrected chi connectivity index (χ0v) is 17.2. The Kier molecular flexibility index (Phi) is 6.21. The van der Waals surface area contributed by atoms with Crippen LogP contribution in [0.15, 0.2) is 71.3 Å². The van der Waals surface area contributed by atoms with Gasteiger partial charge in [0.25, 0.3) is 5.91 Å². The number of nitrogens with one attached hydrogen (secondary N) is 1. The molecule has 1 heterocycles. The summed E-state index contributed by atoms with van der Waals surface area (Å²) in [5.74, 6) is -0.803. The van der Waals surface area contributed by atoms with Crippen LogP contribution < -0.4 is 5.32 Å². The van der Waals surface area contributed by atoms with Crippen LogP contribution >= 0.6 is 0 Å². The second-order valence-electron chi connectivity index (χ2n) is 7.17. The standard InChI is InChI=1S/C24H20FN3O4/c1-15(24(30)26-20-8-4-6-16-5-2-3-7-19(16)20)31-22(29)14-13-21-27-23(28-32-21)17-9-11-18(25)12-10-17/h2-12,15H,13-14H2,1H3,(H,26,30). The molecule has 8 heteroatoms. The van der Waals surface area contributed by atoms with Gasteiger partial charge < -0.3 is 14.6 Å². The zero-order chi connectivity index (χ0) is 22.5. The number of anilines is 1. The number of amides is 1. The number of hydrogen-bond acceptors (Lipinski definition) is 6. The number of nitrogens with zero attached hydrogens (tertiary/aromatic N) is 2. The highest BCUT2D eigenvalue weighted by molar-refractivity contribution is 6.03. The summed E-state index contributed by atoms with van der Waals surface area (Å²) in [6, 6.07) is 18.9. The third kappa shape index (κ3) is 4.97. The largest absolute Gasteiger partial charge is 0.453 e. The number of hydrogen-bond donors (Lipinski definition) is 1. The minimum Gasteiger partial charge on any atom is -0.453 e. The molecular formula is C24H20FN3O4. The first kappa shape index (κ1) is 21.2. The number of aromatic nitrogens is 2. The molecule has 1 atom stereocenters. The predicted octanol–water partition coefficient (Wildman–Crippen LogP) is 4.53. The van der Waals surface area contributed by atoms with Crippen LogP contribution in [0.25, 0.3) is 22.2 Å². The Morgan fingerprint density at radius 3 is 2.62 bits per heavy atom. The summed E-state index contributed by atoms with van der Waals surface area (Å²) in [7, 11) is 0. The Hall–Kier alpha value is -4.07. The van der Waals surface area contributed by atoms with Gasteiger partial charge in [-0.15, -0.1) is 0 Å². The number of aryl methyl sites for hydroxylation is 1. The molecule has 0 saturated heterocycles. The van der Waals surface area contributed by atoms with Crippen molar-refractivity contribution in [3.8, 4) is 11.4 Å². The van der Waals surface area contributed by atoms with Gasteiger partial charge in [-0.3, -0.25) is 9.59 Å². The second-order valence-corrected chi connectivity index (χ2v) is 7.17. The van der Waals surface area contributed by atoms with E-state index >= 15 is 0 Å². The van der Waals surface area contributed by atoms with Crippen LogP contribution in [0, 0.1) is 5.82 Å². The first-order chi connectivity index (χ1) is 15.5. The number of carbonyl (C=O) groups is 2. The molecular weight excluding hydrogens is 413 g/mol. The summed E-state index contributed by atoms with van der Waals surface area (Å²) < 4.78 is 23.4. The average molecular weight is 433 g/mol. The number of rotatable bonds is 7. The molecule has 1 unspecified atom stereocenters. The van der Waals surface area contributed by atoms with E-state index in [1.54, 1.807) is 6.07 Å². The van der Waals surface area contributed by atoms with Gasteiger partial charge in [-0.2, -0.15) is 4.98 Å². The van der Waals surface area contributed by atoms with Crippen LogP contribution in [0.2, 0.25) is 0 Å². The van der Waals surface area contributed by atoms with Gasteiger partial charge in [0.1, 0.15) is 5.82 Å². The fraction of sp³-hybridized carbons (Fsp3) is 0.167. The Morgan fingerprint density at radius 2 is 1.81 bits per heavy atom. The zero-order valence-electron chi connectivity index (χ0n) is 17.2. The maximum atomic E-state index is 13.0. The van der Waals surface area contributed by atoms with Crippen LogP contribution in [-0.2, 0) is 20.7 Å². The van der Waals surface area contributed by atoms with E-state index < -0.39 is 18.0 Å². The van der Waals surface area contributed by atoms with Crippen molar-refractivity contribution >= 4 is 28.3 Å². The Labute approximate surface area is 183 Å². The first-order valence-electron chi connectivity index (χ1n) is 10.1. The van der Waals surface area contributed by atoms with Crippen molar-refractivity contribution < 1.29 is 23.2 Å². The molecule has 0 aliphatic carbocycles. The number of fused-ring (bicyclic) bond motifs is 1. The van der Waals surface area contributed by atoms with Crippen molar-refractivity contribution in [3.63, 3.8) is 0 Å². The molecule has 32 heavy (non-hydrogen) atoms. The van der Waals surface area contributed by atoms with Crippen LogP contribution in [0.4, 0.5) is 10.1 Å². The van der Waals surface area contributed by atoms with Crippen molar-refractivity contribution in [1.29, 1.82) is 0 Å². The second kappa shape index (κ2) is 9.38. The lowest BCUT2D eigenvalue weighted by Gasteiger charge is -2.14. The molecule has 162 valence electrons.